The lowest BCUT2D eigenvalue weighted by atomic mass is 10.1. The quantitative estimate of drug-likeness (QED) is 0.628. The van der Waals surface area contributed by atoms with Crippen molar-refractivity contribution in [3.8, 4) is 0 Å². The molecule has 0 spiro atoms. The van der Waals surface area contributed by atoms with Crippen LogP contribution in [0.25, 0.3) is 0 Å². The summed E-state index contributed by atoms with van der Waals surface area (Å²) in [7, 11) is 0. The van der Waals surface area contributed by atoms with Gasteiger partial charge in [0.15, 0.2) is 0 Å². The van der Waals surface area contributed by atoms with Gasteiger partial charge < -0.3 is 20.7 Å². The molecule has 2 amide bonds. The largest absolute Gasteiger partial charge is 0.375 e. The molecule has 104 valence electrons. The van der Waals surface area contributed by atoms with E-state index in [-0.39, 0.29) is 36.4 Å². The molecule has 1 heterocycles. The monoisotopic (exact) mass is 257 g/mol. The Balaban J connectivity index is 2.18. The second-order valence-electron chi connectivity index (χ2n) is 5.48. The van der Waals surface area contributed by atoms with E-state index < -0.39 is 0 Å². The molecule has 0 bridgehead atoms. The number of morpholine rings is 1. The molecule has 0 aromatic heterocycles. The molecule has 3 N–H and O–H groups in total. The van der Waals surface area contributed by atoms with Gasteiger partial charge in [-0.05, 0) is 20.8 Å². The summed E-state index contributed by atoms with van der Waals surface area (Å²) in [5, 5.41) is 8.53. The van der Waals surface area contributed by atoms with Crippen LogP contribution in [0.1, 0.15) is 27.2 Å². The molecule has 6 nitrogen and oxygen atoms in total. The van der Waals surface area contributed by atoms with Gasteiger partial charge >= 0.3 is 0 Å². The van der Waals surface area contributed by atoms with Crippen LogP contribution in [0.5, 0.6) is 0 Å². The van der Waals surface area contributed by atoms with Crippen LogP contribution in [-0.2, 0) is 14.3 Å². The SMILES string of the molecule is CC(C)(C)NC(=O)CNC(=O)CC1CNCCO1. The zero-order valence-electron chi connectivity index (χ0n) is 11.3. The molecular weight excluding hydrogens is 234 g/mol. The van der Waals surface area contributed by atoms with Gasteiger partial charge in [-0.3, -0.25) is 9.59 Å². The Bertz CT molecular complexity index is 293. The average molecular weight is 257 g/mol. The van der Waals surface area contributed by atoms with Crippen LogP contribution in [0, 0.1) is 0 Å². The lowest BCUT2D eigenvalue weighted by Gasteiger charge is -2.23. The van der Waals surface area contributed by atoms with Gasteiger partial charge in [0, 0.05) is 18.6 Å². The van der Waals surface area contributed by atoms with Crippen LogP contribution in [0.15, 0.2) is 0 Å². The van der Waals surface area contributed by atoms with Crippen LogP contribution in [0.3, 0.4) is 0 Å². The minimum atomic E-state index is -0.280. The normalized spacial score (nSPS) is 20.3. The number of ether oxygens (including phenoxy) is 1. The third kappa shape index (κ3) is 6.56. The highest BCUT2D eigenvalue weighted by atomic mass is 16.5. The van der Waals surface area contributed by atoms with Gasteiger partial charge in [0.2, 0.25) is 11.8 Å². The zero-order valence-corrected chi connectivity index (χ0v) is 11.3. The van der Waals surface area contributed by atoms with Crippen molar-refractivity contribution >= 4 is 11.8 Å². The molecule has 0 radical (unpaired) electrons. The molecule has 18 heavy (non-hydrogen) atoms. The average Bonchev–Trinajstić information content (AvgIpc) is 2.25. The highest BCUT2D eigenvalue weighted by Crippen LogP contribution is 2.01. The Morgan fingerprint density at radius 1 is 1.33 bits per heavy atom. The summed E-state index contributed by atoms with van der Waals surface area (Å²) in [6.45, 7) is 7.84. The lowest BCUT2D eigenvalue weighted by molar-refractivity contribution is -0.128. The van der Waals surface area contributed by atoms with Crippen molar-refractivity contribution < 1.29 is 14.3 Å². The van der Waals surface area contributed by atoms with E-state index in [4.69, 9.17) is 4.74 Å². The van der Waals surface area contributed by atoms with Crippen LogP contribution in [0.2, 0.25) is 0 Å². The van der Waals surface area contributed by atoms with Crippen LogP contribution >= 0.6 is 0 Å². The fourth-order valence-corrected chi connectivity index (χ4v) is 1.67. The van der Waals surface area contributed by atoms with Crippen LogP contribution in [-0.4, -0.2) is 49.7 Å². The summed E-state index contributed by atoms with van der Waals surface area (Å²) >= 11 is 0. The van der Waals surface area contributed by atoms with Gasteiger partial charge in [-0.2, -0.15) is 0 Å². The minimum absolute atomic E-state index is 0.0102. The lowest BCUT2D eigenvalue weighted by Crippen LogP contribution is -2.47. The van der Waals surface area contributed by atoms with E-state index in [1.165, 1.54) is 0 Å². The molecule has 6 heteroatoms. The van der Waals surface area contributed by atoms with Gasteiger partial charge in [-0.15, -0.1) is 0 Å². The first kappa shape index (κ1) is 14.9. The summed E-state index contributed by atoms with van der Waals surface area (Å²) in [6.07, 6.45) is 0.194. The van der Waals surface area contributed by atoms with Crippen molar-refractivity contribution in [2.45, 2.75) is 38.8 Å². The maximum absolute atomic E-state index is 11.6. The molecule has 0 aromatic rings. The second-order valence-corrected chi connectivity index (χ2v) is 5.48. The van der Waals surface area contributed by atoms with Crippen molar-refractivity contribution in [1.82, 2.24) is 16.0 Å². The summed E-state index contributed by atoms with van der Waals surface area (Å²) in [6, 6.07) is 0. The summed E-state index contributed by atoms with van der Waals surface area (Å²) in [5.74, 6) is -0.341. The van der Waals surface area contributed by atoms with E-state index in [1.807, 2.05) is 20.8 Å². The van der Waals surface area contributed by atoms with Crippen molar-refractivity contribution in [2.75, 3.05) is 26.2 Å². The maximum atomic E-state index is 11.6. The number of nitrogens with one attached hydrogen (secondary N) is 3. The Morgan fingerprint density at radius 2 is 2.06 bits per heavy atom. The van der Waals surface area contributed by atoms with Gasteiger partial charge in [0.25, 0.3) is 0 Å². The third-order valence-corrected chi connectivity index (χ3v) is 2.38. The van der Waals surface area contributed by atoms with Gasteiger partial charge in [-0.1, -0.05) is 0 Å². The Kier molecular flexibility index (Phi) is 5.55. The number of hydrogen-bond acceptors (Lipinski definition) is 4. The molecule has 1 aliphatic rings. The molecule has 1 fully saturated rings. The molecule has 1 rings (SSSR count). The third-order valence-electron chi connectivity index (χ3n) is 2.38. The van der Waals surface area contributed by atoms with Crippen molar-refractivity contribution in [3.63, 3.8) is 0 Å². The van der Waals surface area contributed by atoms with Crippen molar-refractivity contribution in [2.24, 2.45) is 0 Å². The molecule has 1 aliphatic heterocycles. The van der Waals surface area contributed by atoms with Gasteiger partial charge in [0.05, 0.1) is 25.7 Å². The Hall–Kier alpha value is -1.14. The molecule has 0 saturated carbocycles. The molecular formula is C12H23N3O3. The first-order chi connectivity index (χ1) is 8.37. The van der Waals surface area contributed by atoms with E-state index in [0.717, 1.165) is 6.54 Å². The molecule has 1 atom stereocenters. The van der Waals surface area contributed by atoms with Crippen LogP contribution in [0.4, 0.5) is 0 Å². The molecule has 0 aromatic carbocycles. The van der Waals surface area contributed by atoms with E-state index in [9.17, 15) is 9.59 Å². The van der Waals surface area contributed by atoms with Gasteiger partial charge in [-0.25, -0.2) is 0 Å². The van der Waals surface area contributed by atoms with Crippen molar-refractivity contribution in [1.29, 1.82) is 0 Å². The Morgan fingerprint density at radius 3 is 2.61 bits per heavy atom. The first-order valence-corrected chi connectivity index (χ1v) is 6.27. The number of amides is 2. The van der Waals surface area contributed by atoms with Gasteiger partial charge in [0.1, 0.15) is 0 Å². The highest BCUT2D eigenvalue weighted by molar-refractivity contribution is 5.85. The standard InChI is InChI=1S/C12H23N3O3/c1-12(2,3)15-11(17)8-14-10(16)6-9-7-13-4-5-18-9/h9,13H,4-8H2,1-3H3,(H,14,16)(H,15,17). The zero-order chi connectivity index (χ0) is 13.6. The van der Waals surface area contributed by atoms with Crippen molar-refractivity contribution in [3.05, 3.63) is 0 Å². The van der Waals surface area contributed by atoms with E-state index in [1.54, 1.807) is 0 Å². The topological polar surface area (TPSA) is 79.5 Å². The molecule has 1 unspecified atom stereocenters. The second kappa shape index (κ2) is 6.70. The highest BCUT2D eigenvalue weighted by Gasteiger charge is 2.18. The number of carbonyl (C=O) groups is 2. The Labute approximate surface area is 108 Å². The number of hydrogen-bond donors (Lipinski definition) is 3. The van der Waals surface area contributed by atoms with E-state index in [0.29, 0.717) is 13.2 Å². The smallest absolute Gasteiger partial charge is 0.239 e. The predicted molar refractivity (Wildman–Crippen MR) is 68.1 cm³/mol. The summed E-state index contributed by atoms with van der Waals surface area (Å²) in [4.78, 5) is 23.1. The molecule has 1 saturated heterocycles. The minimum Gasteiger partial charge on any atom is -0.375 e. The maximum Gasteiger partial charge on any atom is 0.239 e. The fraction of sp³-hybridized carbons (Fsp3) is 0.833. The number of carbonyl (C=O) groups excluding carboxylic acids is 2. The summed E-state index contributed by atoms with van der Waals surface area (Å²) in [5.41, 5.74) is -0.280. The summed E-state index contributed by atoms with van der Waals surface area (Å²) < 4.78 is 5.41. The number of rotatable bonds is 4. The van der Waals surface area contributed by atoms with E-state index in [2.05, 4.69) is 16.0 Å². The first-order valence-electron chi connectivity index (χ1n) is 6.27. The predicted octanol–water partition coefficient (Wildman–Crippen LogP) is -0.604. The fourth-order valence-electron chi connectivity index (χ4n) is 1.67. The van der Waals surface area contributed by atoms with E-state index >= 15 is 0 Å². The van der Waals surface area contributed by atoms with Crippen LogP contribution < -0.4 is 16.0 Å². The molecule has 0 aliphatic carbocycles.